The second kappa shape index (κ2) is 8.72. The van der Waals surface area contributed by atoms with E-state index >= 15 is 0 Å². The van der Waals surface area contributed by atoms with Gasteiger partial charge in [0, 0.05) is 42.4 Å². The zero-order valence-corrected chi connectivity index (χ0v) is 19.0. The topological polar surface area (TPSA) is 46.3 Å². The maximum atomic E-state index is 11.5. The van der Waals surface area contributed by atoms with Crippen molar-refractivity contribution < 1.29 is 4.79 Å². The minimum Gasteiger partial charge on any atom is -0.373 e. The van der Waals surface area contributed by atoms with Gasteiger partial charge < -0.3 is 10.6 Å². The van der Waals surface area contributed by atoms with E-state index in [1.165, 1.54) is 33.9 Å². The van der Waals surface area contributed by atoms with E-state index in [0.29, 0.717) is 17.4 Å². The fourth-order valence-corrected chi connectivity index (χ4v) is 5.33. The van der Waals surface area contributed by atoms with Gasteiger partial charge in [-0.25, -0.2) is 4.48 Å². The number of allylic oxidation sites excluding steroid dienone is 1. The number of hydrogen-bond acceptors (Lipinski definition) is 2. The third kappa shape index (κ3) is 3.77. The van der Waals surface area contributed by atoms with Crippen LogP contribution < -0.4 is 10.2 Å². The summed E-state index contributed by atoms with van der Waals surface area (Å²) in [5, 5.41) is 0. The molecule has 2 heterocycles. The Morgan fingerprint density at radius 3 is 2.36 bits per heavy atom. The Labute approximate surface area is 195 Å². The molecule has 2 aliphatic heterocycles. The molecule has 1 amide bonds. The van der Waals surface area contributed by atoms with Crippen LogP contribution in [0.2, 0.25) is 0 Å². The number of carbonyl (C=O) groups excluding carboxylic acids is 1. The van der Waals surface area contributed by atoms with Gasteiger partial charge >= 0.3 is 0 Å². The van der Waals surface area contributed by atoms with Crippen LogP contribution in [0.3, 0.4) is 0 Å². The summed E-state index contributed by atoms with van der Waals surface area (Å²) in [7, 11) is 2.29. The van der Waals surface area contributed by atoms with Gasteiger partial charge in [-0.2, -0.15) is 0 Å². The molecule has 0 saturated heterocycles. The van der Waals surface area contributed by atoms with Crippen molar-refractivity contribution in [3.63, 3.8) is 0 Å². The van der Waals surface area contributed by atoms with Crippen molar-refractivity contribution in [3.8, 4) is 0 Å². The minimum absolute atomic E-state index is 0.127. The fourth-order valence-electron chi connectivity index (χ4n) is 5.33. The second-order valence-electron chi connectivity index (χ2n) is 8.92. The molecule has 0 spiro atoms. The number of hydrogen-bond donors (Lipinski definition) is 1. The van der Waals surface area contributed by atoms with E-state index in [9.17, 15) is 4.79 Å². The van der Waals surface area contributed by atoms with E-state index in [0.717, 1.165) is 13.0 Å². The van der Waals surface area contributed by atoms with Gasteiger partial charge in [0.05, 0.1) is 13.0 Å². The average Bonchev–Trinajstić information content (AvgIpc) is 3.32. The smallest absolute Gasteiger partial charge is 0.219 e. The number of carbonyl (C=O) groups is 1. The summed E-state index contributed by atoms with van der Waals surface area (Å²) in [6.07, 6.45) is 6.13. The third-order valence-corrected chi connectivity index (χ3v) is 6.97. The Balaban J connectivity index is 1.70. The summed E-state index contributed by atoms with van der Waals surface area (Å²) >= 11 is 0. The van der Waals surface area contributed by atoms with Gasteiger partial charge in [0.2, 0.25) is 5.91 Å². The first-order chi connectivity index (χ1) is 16.1. The number of primary amides is 1. The molecule has 33 heavy (non-hydrogen) atoms. The molecule has 2 unspecified atom stereocenters. The number of nitrogens with zero attached hydrogens (tertiary/aromatic N) is 2. The minimum atomic E-state index is -0.251. The standard InChI is InChI=1S/C29H29N3O/c1-32(23-13-6-3-7-14-23)27-17-9-8-15-24(27)25(21-28(32)22-11-4-2-5-12-22)26-16-10-19-31(26)20-18-29(30)33/h2-9,11-17,21,25H,10,18-20H2,1H3,(H-,30,33)/p+1. The summed E-state index contributed by atoms with van der Waals surface area (Å²) in [6.45, 7) is 1.60. The van der Waals surface area contributed by atoms with Crippen molar-refractivity contribution >= 4 is 23.0 Å². The Morgan fingerprint density at radius 2 is 1.64 bits per heavy atom. The number of quaternary nitrogens is 1. The molecular formula is C29H30N3O+. The lowest BCUT2D eigenvalue weighted by Gasteiger charge is -2.42. The quantitative estimate of drug-likeness (QED) is 0.514. The lowest BCUT2D eigenvalue weighted by Crippen LogP contribution is -2.41. The van der Waals surface area contributed by atoms with Gasteiger partial charge in [0.1, 0.15) is 17.1 Å². The van der Waals surface area contributed by atoms with Gasteiger partial charge in [0.15, 0.2) is 0 Å². The van der Waals surface area contributed by atoms with Crippen LogP contribution >= 0.6 is 0 Å². The van der Waals surface area contributed by atoms with Crippen LogP contribution in [0.5, 0.6) is 0 Å². The molecule has 4 heteroatoms. The zero-order valence-electron chi connectivity index (χ0n) is 19.0. The normalized spacial score (nSPS) is 21.8. The molecular weight excluding hydrogens is 406 g/mol. The molecule has 2 aliphatic rings. The summed E-state index contributed by atoms with van der Waals surface area (Å²) < 4.78 is 0.603. The molecule has 2 N–H and O–H groups in total. The van der Waals surface area contributed by atoms with E-state index in [1.54, 1.807) is 0 Å². The van der Waals surface area contributed by atoms with E-state index in [1.807, 2.05) is 0 Å². The van der Waals surface area contributed by atoms with Crippen LogP contribution in [0, 0.1) is 0 Å². The zero-order chi connectivity index (χ0) is 22.8. The SMILES string of the molecule is C[N+]1(c2ccccc2)C(c2ccccc2)=CC(C2=CCCN2CCC(N)=O)c2ccccc21. The molecule has 4 nitrogen and oxygen atoms in total. The van der Waals surface area contributed by atoms with Crippen LogP contribution in [0.25, 0.3) is 5.70 Å². The number of nitrogens with two attached hydrogens (primary N) is 1. The molecule has 5 rings (SSSR count). The van der Waals surface area contributed by atoms with Crippen molar-refractivity contribution in [2.45, 2.75) is 18.8 Å². The Morgan fingerprint density at radius 1 is 0.970 bits per heavy atom. The lowest BCUT2D eigenvalue weighted by atomic mass is 9.85. The van der Waals surface area contributed by atoms with Crippen LogP contribution in [0.4, 0.5) is 11.4 Å². The highest BCUT2D eigenvalue weighted by atomic mass is 16.1. The number of benzene rings is 3. The average molecular weight is 437 g/mol. The highest BCUT2D eigenvalue weighted by Gasteiger charge is 2.43. The Kier molecular flexibility index (Phi) is 5.61. The molecule has 0 radical (unpaired) electrons. The molecule has 0 aromatic heterocycles. The van der Waals surface area contributed by atoms with Gasteiger partial charge in [0.25, 0.3) is 0 Å². The molecule has 0 bridgehead atoms. The van der Waals surface area contributed by atoms with E-state index < -0.39 is 0 Å². The van der Waals surface area contributed by atoms with Crippen LogP contribution in [0.15, 0.2) is 103 Å². The summed E-state index contributed by atoms with van der Waals surface area (Å²) in [4.78, 5) is 13.8. The van der Waals surface area contributed by atoms with E-state index in [2.05, 4.69) is 109 Å². The van der Waals surface area contributed by atoms with Gasteiger partial charge in [-0.05, 0) is 36.8 Å². The summed E-state index contributed by atoms with van der Waals surface area (Å²) in [5.74, 6) is -0.124. The predicted octanol–water partition coefficient (Wildman–Crippen LogP) is 5.56. The molecule has 166 valence electrons. The van der Waals surface area contributed by atoms with Crippen molar-refractivity contribution in [1.82, 2.24) is 9.38 Å². The van der Waals surface area contributed by atoms with E-state index in [-0.39, 0.29) is 11.8 Å². The maximum absolute atomic E-state index is 11.5. The highest BCUT2D eigenvalue weighted by molar-refractivity contribution is 5.87. The lowest BCUT2D eigenvalue weighted by molar-refractivity contribution is -0.118. The molecule has 0 saturated carbocycles. The van der Waals surface area contributed by atoms with Crippen molar-refractivity contribution in [2.24, 2.45) is 5.73 Å². The molecule has 2 atom stereocenters. The van der Waals surface area contributed by atoms with Crippen molar-refractivity contribution in [2.75, 3.05) is 20.1 Å². The molecule has 0 aliphatic carbocycles. The van der Waals surface area contributed by atoms with Gasteiger partial charge in [-0.3, -0.25) is 4.79 Å². The fraction of sp³-hybridized carbons (Fsp3) is 0.207. The highest BCUT2D eigenvalue weighted by Crippen LogP contribution is 2.52. The monoisotopic (exact) mass is 436 g/mol. The van der Waals surface area contributed by atoms with Gasteiger partial charge in [-0.15, -0.1) is 0 Å². The molecule has 3 aromatic rings. The maximum Gasteiger partial charge on any atom is 0.219 e. The molecule has 0 fully saturated rings. The van der Waals surface area contributed by atoms with Crippen LogP contribution in [-0.2, 0) is 4.79 Å². The summed E-state index contributed by atoms with van der Waals surface area (Å²) in [6, 6.07) is 30.2. The van der Waals surface area contributed by atoms with Crippen LogP contribution in [-0.4, -0.2) is 30.9 Å². The first kappa shape index (κ1) is 21.2. The summed E-state index contributed by atoms with van der Waals surface area (Å²) in [5.41, 5.74) is 13.0. The third-order valence-electron chi connectivity index (χ3n) is 6.97. The Bertz CT molecular complexity index is 1220. The largest absolute Gasteiger partial charge is 0.373 e. The van der Waals surface area contributed by atoms with Crippen molar-refractivity contribution in [1.29, 1.82) is 0 Å². The number of fused-ring (bicyclic) bond motifs is 1. The number of amides is 1. The molecule has 3 aromatic carbocycles. The predicted molar refractivity (Wildman–Crippen MR) is 136 cm³/mol. The second-order valence-corrected chi connectivity index (χ2v) is 8.92. The number of para-hydroxylation sites is 2. The van der Waals surface area contributed by atoms with E-state index in [4.69, 9.17) is 5.73 Å². The van der Waals surface area contributed by atoms with Crippen LogP contribution in [0.1, 0.15) is 29.9 Å². The number of rotatable bonds is 6. The first-order valence-electron chi connectivity index (χ1n) is 11.6. The van der Waals surface area contributed by atoms with Crippen molar-refractivity contribution in [3.05, 3.63) is 114 Å². The Hall–Kier alpha value is -3.63. The first-order valence-corrected chi connectivity index (χ1v) is 11.6. The van der Waals surface area contributed by atoms with Gasteiger partial charge in [-0.1, -0.05) is 60.7 Å².